The fraction of sp³-hybridized carbons (Fsp3) is 0.917. The third-order valence-corrected chi connectivity index (χ3v) is 3.85. The molecule has 0 heterocycles. The Kier molecular flexibility index (Phi) is 3.50. The molecule has 0 aromatic carbocycles. The summed E-state index contributed by atoms with van der Waals surface area (Å²) in [5, 5.41) is 12.3. The van der Waals surface area contributed by atoms with Crippen LogP contribution < -0.4 is 5.32 Å². The van der Waals surface area contributed by atoms with Gasteiger partial charge in [0.1, 0.15) is 6.04 Å². The molecule has 0 amide bonds. The highest BCUT2D eigenvalue weighted by atomic mass is 16.5. The predicted octanol–water partition coefficient (Wildman–Crippen LogP) is 1.26. The molecule has 4 nitrogen and oxygen atoms in total. The third-order valence-electron chi connectivity index (χ3n) is 3.85. The normalized spacial score (nSPS) is 24.1. The monoisotopic (exact) mass is 227 g/mol. The van der Waals surface area contributed by atoms with Crippen LogP contribution >= 0.6 is 0 Å². The van der Waals surface area contributed by atoms with E-state index in [1.165, 1.54) is 12.8 Å². The maximum atomic E-state index is 11.0. The highest BCUT2D eigenvalue weighted by Crippen LogP contribution is 2.48. The molecule has 4 heteroatoms. The van der Waals surface area contributed by atoms with Crippen molar-refractivity contribution in [2.45, 2.75) is 38.1 Å². The van der Waals surface area contributed by atoms with Gasteiger partial charge in [0.15, 0.2) is 0 Å². The second kappa shape index (κ2) is 4.72. The molecule has 2 aliphatic carbocycles. The summed E-state index contributed by atoms with van der Waals surface area (Å²) in [5.74, 6) is -0.319. The molecule has 2 N–H and O–H groups in total. The fourth-order valence-corrected chi connectivity index (χ4v) is 2.22. The van der Waals surface area contributed by atoms with Gasteiger partial charge in [0, 0.05) is 20.3 Å². The molecule has 2 rings (SSSR count). The molecule has 0 spiro atoms. The van der Waals surface area contributed by atoms with Crippen molar-refractivity contribution >= 4 is 5.97 Å². The van der Waals surface area contributed by atoms with Gasteiger partial charge in [0.05, 0.1) is 0 Å². The van der Waals surface area contributed by atoms with Gasteiger partial charge in [-0.15, -0.1) is 0 Å². The van der Waals surface area contributed by atoms with Gasteiger partial charge < -0.3 is 15.2 Å². The highest BCUT2D eigenvalue weighted by molar-refractivity contribution is 5.74. The molecule has 1 atom stereocenters. The predicted molar refractivity (Wildman–Crippen MR) is 60.3 cm³/mol. The summed E-state index contributed by atoms with van der Waals surface area (Å²) in [5.41, 5.74) is 0.332. The maximum absolute atomic E-state index is 11.0. The SMILES string of the molecule is COCCC1(CNC(C(=O)O)C2CC2)CC1. The van der Waals surface area contributed by atoms with E-state index in [4.69, 9.17) is 9.84 Å². The average molecular weight is 227 g/mol. The van der Waals surface area contributed by atoms with Crippen molar-refractivity contribution < 1.29 is 14.6 Å². The Morgan fingerprint density at radius 2 is 2.25 bits per heavy atom. The van der Waals surface area contributed by atoms with E-state index < -0.39 is 5.97 Å². The smallest absolute Gasteiger partial charge is 0.320 e. The van der Waals surface area contributed by atoms with Gasteiger partial charge in [0.2, 0.25) is 0 Å². The first-order valence-electron chi connectivity index (χ1n) is 6.12. The minimum atomic E-state index is -0.690. The first-order valence-corrected chi connectivity index (χ1v) is 6.12. The van der Waals surface area contributed by atoms with E-state index in [0.717, 1.165) is 32.4 Å². The summed E-state index contributed by atoms with van der Waals surface area (Å²) >= 11 is 0. The van der Waals surface area contributed by atoms with E-state index >= 15 is 0 Å². The number of carbonyl (C=O) groups is 1. The Labute approximate surface area is 96.4 Å². The Morgan fingerprint density at radius 1 is 1.56 bits per heavy atom. The summed E-state index contributed by atoms with van der Waals surface area (Å²) in [6, 6.07) is -0.319. The van der Waals surface area contributed by atoms with Crippen molar-refractivity contribution in [1.82, 2.24) is 5.32 Å². The minimum absolute atomic E-state index is 0.319. The van der Waals surface area contributed by atoms with Crippen LogP contribution in [-0.2, 0) is 9.53 Å². The largest absolute Gasteiger partial charge is 0.480 e. The molecule has 0 aromatic heterocycles. The van der Waals surface area contributed by atoms with Gasteiger partial charge in [-0.1, -0.05) is 0 Å². The first-order chi connectivity index (χ1) is 7.67. The molecule has 92 valence electrons. The summed E-state index contributed by atoms with van der Waals surface area (Å²) < 4.78 is 5.09. The van der Waals surface area contributed by atoms with Crippen LogP contribution in [0.1, 0.15) is 32.1 Å². The van der Waals surface area contributed by atoms with Crippen molar-refractivity contribution in [3.8, 4) is 0 Å². The van der Waals surface area contributed by atoms with Crippen molar-refractivity contribution in [3.63, 3.8) is 0 Å². The minimum Gasteiger partial charge on any atom is -0.480 e. The van der Waals surface area contributed by atoms with Crippen LogP contribution in [-0.4, -0.2) is 37.4 Å². The molecular weight excluding hydrogens is 206 g/mol. The number of hydrogen-bond donors (Lipinski definition) is 2. The second-order valence-corrected chi connectivity index (χ2v) is 5.28. The van der Waals surface area contributed by atoms with Crippen LogP contribution in [0.3, 0.4) is 0 Å². The van der Waals surface area contributed by atoms with Gasteiger partial charge in [-0.05, 0) is 43.4 Å². The van der Waals surface area contributed by atoms with Crippen LogP contribution in [0.15, 0.2) is 0 Å². The number of carboxylic acids is 1. The lowest BCUT2D eigenvalue weighted by molar-refractivity contribution is -0.140. The van der Waals surface area contributed by atoms with Crippen LogP contribution in [0.2, 0.25) is 0 Å². The third kappa shape index (κ3) is 2.95. The quantitative estimate of drug-likeness (QED) is 0.655. The topological polar surface area (TPSA) is 58.6 Å². The lowest BCUT2D eigenvalue weighted by Gasteiger charge is -2.19. The zero-order valence-corrected chi connectivity index (χ0v) is 9.87. The van der Waals surface area contributed by atoms with Crippen molar-refractivity contribution in [1.29, 1.82) is 0 Å². The van der Waals surface area contributed by atoms with Crippen LogP contribution in [0.4, 0.5) is 0 Å². The second-order valence-electron chi connectivity index (χ2n) is 5.28. The van der Waals surface area contributed by atoms with Gasteiger partial charge in [-0.3, -0.25) is 4.79 Å². The van der Waals surface area contributed by atoms with Crippen molar-refractivity contribution in [3.05, 3.63) is 0 Å². The first kappa shape index (κ1) is 11.9. The molecule has 0 aliphatic heterocycles. The molecule has 2 aliphatic rings. The standard InChI is InChI=1S/C12H21NO3/c1-16-7-6-12(4-5-12)8-13-10(11(14)15)9-2-3-9/h9-10,13H,2-8H2,1H3,(H,14,15). The number of rotatable bonds is 8. The van der Waals surface area contributed by atoms with E-state index in [2.05, 4.69) is 5.32 Å². The number of methoxy groups -OCH3 is 1. The van der Waals surface area contributed by atoms with Crippen LogP contribution in [0, 0.1) is 11.3 Å². The summed E-state index contributed by atoms with van der Waals surface area (Å²) in [7, 11) is 1.72. The van der Waals surface area contributed by atoms with Gasteiger partial charge in [-0.25, -0.2) is 0 Å². The number of carboxylic acid groups (broad SMARTS) is 1. The molecule has 0 bridgehead atoms. The molecule has 1 unspecified atom stereocenters. The molecule has 0 aromatic rings. The molecule has 16 heavy (non-hydrogen) atoms. The van der Waals surface area contributed by atoms with E-state index in [-0.39, 0.29) is 6.04 Å². The molecule has 0 radical (unpaired) electrons. The number of nitrogens with one attached hydrogen (secondary N) is 1. The summed E-state index contributed by atoms with van der Waals surface area (Å²) in [4.78, 5) is 11.0. The zero-order valence-electron chi connectivity index (χ0n) is 9.87. The van der Waals surface area contributed by atoms with Crippen LogP contribution in [0.25, 0.3) is 0 Å². The van der Waals surface area contributed by atoms with E-state index in [1.54, 1.807) is 7.11 Å². The number of ether oxygens (including phenoxy) is 1. The van der Waals surface area contributed by atoms with E-state index in [9.17, 15) is 4.79 Å². The van der Waals surface area contributed by atoms with Gasteiger partial charge in [-0.2, -0.15) is 0 Å². The lowest BCUT2D eigenvalue weighted by Crippen LogP contribution is -2.41. The molecule has 0 saturated heterocycles. The zero-order chi connectivity index (χ0) is 11.6. The Bertz CT molecular complexity index is 259. The van der Waals surface area contributed by atoms with Crippen molar-refractivity contribution in [2.24, 2.45) is 11.3 Å². The fourth-order valence-electron chi connectivity index (χ4n) is 2.22. The Balaban J connectivity index is 1.74. The number of aliphatic carboxylic acids is 1. The summed E-state index contributed by atoms with van der Waals surface area (Å²) in [6.45, 7) is 1.62. The van der Waals surface area contributed by atoms with E-state index in [0.29, 0.717) is 11.3 Å². The van der Waals surface area contributed by atoms with Gasteiger partial charge >= 0.3 is 5.97 Å². The molecule has 2 fully saturated rings. The average Bonchev–Trinajstić information content (AvgIpc) is 3.10. The highest BCUT2D eigenvalue weighted by Gasteiger charge is 2.44. The van der Waals surface area contributed by atoms with E-state index in [1.807, 2.05) is 0 Å². The van der Waals surface area contributed by atoms with Crippen LogP contribution in [0.5, 0.6) is 0 Å². The van der Waals surface area contributed by atoms with Crippen molar-refractivity contribution in [2.75, 3.05) is 20.3 Å². The molecule has 2 saturated carbocycles. The lowest BCUT2D eigenvalue weighted by atomic mass is 10.0. The molecular formula is C12H21NO3. The maximum Gasteiger partial charge on any atom is 0.320 e. The summed E-state index contributed by atoms with van der Waals surface area (Å²) in [6.07, 6.45) is 5.60. The Morgan fingerprint density at radius 3 is 2.69 bits per heavy atom. The Hall–Kier alpha value is -0.610. The van der Waals surface area contributed by atoms with Gasteiger partial charge in [0.25, 0.3) is 0 Å². The number of hydrogen-bond acceptors (Lipinski definition) is 3.